The molecule has 0 fully saturated rings. The van der Waals surface area contributed by atoms with E-state index in [1.54, 1.807) is 12.1 Å². The van der Waals surface area contributed by atoms with E-state index in [2.05, 4.69) is 15.9 Å². The Morgan fingerprint density at radius 1 is 1.28 bits per heavy atom. The highest BCUT2D eigenvalue weighted by molar-refractivity contribution is 9.10. The van der Waals surface area contributed by atoms with E-state index in [0.717, 1.165) is 5.56 Å². The third-order valence-corrected chi connectivity index (χ3v) is 3.01. The molecule has 0 spiro atoms. The van der Waals surface area contributed by atoms with Gasteiger partial charge in [-0.3, -0.25) is 0 Å². The minimum atomic E-state index is -0.776. The standard InChI is InChI=1S/C13H18BrFO3/c1-3-17-13(18-4-2)12(16)8-9-5-6-11(15)10(14)7-9/h5-7,12-13,16H,3-4,8H2,1-2H3. The van der Waals surface area contributed by atoms with Crippen LogP contribution in [-0.4, -0.2) is 30.7 Å². The molecule has 1 aromatic rings. The van der Waals surface area contributed by atoms with E-state index in [-0.39, 0.29) is 5.82 Å². The van der Waals surface area contributed by atoms with E-state index in [0.29, 0.717) is 24.1 Å². The third-order valence-electron chi connectivity index (χ3n) is 2.40. The Hall–Kier alpha value is -0.490. The van der Waals surface area contributed by atoms with E-state index in [9.17, 15) is 9.50 Å². The van der Waals surface area contributed by atoms with Crippen LogP contribution in [0.2, 0.25) is 0 Å². The highest BCUT2D eigenvalue weighted by atomic mass is 79.9. The summed E-state index contributed by atoms with van der Waals surface area (Å²) in [7, 11) is 0. The molecular weight excluding hydrogens is 303 g/mol. The molecule has 1 N–H and O–H groups in total. The summed E-state index contributed by atoms with van der Waals surface area (Å²) < 4.78 is 24.1. The summed E-state index contributed by atoms with van der Waals surface area (Å²) in [5.41, 5.74) is 0.820. The zero-order chi connectivity index (χ0) is 13.5. The maximum atomic E-state index is 13.1. The second-order valence-electron chi connectivity index (χ2n) is 3.80. The molecule has 0 aromatic heterocycles. The highest BCUT2D eigenvalue weighted by Gasteiger charge is 2.20. The van der Waals surface area contributed by atoms with Crippen LogP contribution >= 0.6 is 15.9 Å². The van der Waals surface area contributed by atoms with Gasteiger partial charge in [-0.2, -0.15) is 0 Å². The lowest BCUT2D eigenvalue weighted by atomic mass is 10.1. The van der Waals surface area contributed by atoms with Gasteiger partial charge in [-0.1, -0.05) is 6.07 Å². The molecule has 18 heavy (non-hydrogen) atoms. The van der Waals surface area contributed by atoms with Crippen molar-refractivity contribution in [3.63, 3.8) is 0 Å². The second-order valence-corrected chi connectivity index (χ2v) is 4.65. The predicted molar refractivity (Wildman–Crippen MR) is 70.9 cm³/mol. The van der Waals surface area contributed by atoms with Crippen LogP contribution in [0.15, 0.2) is 22.7 Å². The monoisotopic (exact) mass is 320 g/mol. The molecule has 0 aliphatic carbocycles. The molecule has 0 aliphatic rings. The molecule has 1 atom stereocenters. The van der Waals surface area contributed by atoms with Crippen LogP contribution in [0.4, 0.5) is 4.39 Å². The van der Waals surface area contributed by atoms with Crippen molar-refractivity contribution >= 4 is 15.9 Å². The molecule has 5 heteroatoms. The molecule has 0 heterocycles. The zero-order valence-corrected chi connectivity index (χ0v) is 12.1. The Morgan fingerprint density at radius 3 is 2.39 bits per heavy atom. The zero-order valence-electron chi connectivity index (χ0n) is 10.5. The minimum Gasteiger partial charge on any atom is -0.387 e. The first kappa shape index (κ1) is 15.6. The first-order valence-electron chi connectivity index (χ1n) is 5.93. The van der Waals surface area contributed by atoms with Crippen LogP contribution in [0.1, 0.15) is 19.4 Å². The van der Waals surface area contributed by atoms with Crippen LogP contribution in [0, 0.1) is 5.82 Å². The average molecular weight is 321 g/mol. The quantitative estimate of drug-likeness (QED) is 0.785. The number of aliphatic hydroxyl groups excluding tert-OH is 1. The van der Waals surface area contributed by atoms with E-state index < -0.39 is 12.4 Å². The number of hydrogen-bond acceptors (Lipinski definition) is 3. The van der Waals surface area contributed by atoms with E-state index in [1.165, 1.54) is 6.07 Å². The summed E-state index contributed by atoms with van der Waals surface area (Å²) in [6.07, 6.45) is -1.07. The summed E-state index contributed by atoms with van der Waals surface area (Å²) in [4.78, 5) is 0. The van der Waals surface area contributed by atoms with Gasteiger partial charge < -0.3 is 14.6 Å². The van der Waals surface area contributed by atoms with Crippen molar-refractivity contribution in [2.24, 2.45) is 0 Å². The van der Waals surface area contributed by atoms with Crippen LogP contribution in [0.3, 0.4) is 0 Å². The summed E-state index contributed by atoms with van der Waals surface area (Å²) in [6, 6.07) is 4.65. The van der Waals surface area contributed by atoms with Gasteiger partial charge in [0.25, 0.3) is 0 Å². The molecule has 102 valence electrons. The lowest BCUT2D eigenvalue weighted by Crippen LogP contribution is -2.33. The molecule has 0 aliphatic heterocycles. The number of ether oxygens (including phenoxy) is 2. The minimum absolute atomic E-state index is 0.320. The first-order chi connectivity index (χ1) is 8.58. The largest absolute Gasteiger partial charge is 0.387 e. The van der Waals surface area contributed by atoms with Gasteiger partial charge in [-0.05, 0) is 47.5 Å². The van der Waals surface area contributed by atoms with E-state index in [1.807, 2.05) is 13.8 Å². The smallest absolute Gasteiger partial charge is 0.183 e. The third kappa shape index (κ3) is 4.65. The van der Waals surface area contributed by atoms with Crippen LogP contribution in [-0.2, 0) is 15.9 Å². The fourth-order valence-corrected chi connectivity index (χ4v) is 2.03. The van der Waals surface area contributed by atoms with E-state index in [4.69, 9.17) is 9.47 Å². The van der Waals surface area contributed by atoms with Gasteiger partial charge >= 0.3 is 0 Å². The molecule has 3 nitrogen and oxygen atoms in total. The maximum Gasteiger partial charge on any atom is 0.183 e. The Kier molecular flexibility index (Phi) is 6.78. The number of aliphatic hydroxyl groups is 1. The highest BCUT2D eigenvalue weighted by Crippen LogP contribution is 2.19. The maximum absolute atomic E-state index is 13.1. The van der Waals surface area contributed by atoms with Crippen molar-refractivity contribution in [3.8, 4) is 0 Å². The Labute approximate surface area is 115 Å². The summed E-state index contributed by atoms with van der Waals surface area (Å²) in [6.45, 7) is 4.62. The van der Waals surface area contributed by atoms with Crippen molar-refractivity contribution in [1.82, 2.24) is 0 Å². The molecule has 1 aromatic carbocycles. The number of hydrogen-bond donors (Lipinski definition) is 1. The van der Waals surface area contributed by atoms with Crippen molar-refractivity contribution in [3.05, 3.63) is 34.1 Å². The molecule has 0 saturated heterocycles. The number of benzene rings is 1. The summed E-state index contributed by atoms with van der Waals surface area (Å²) >= 11 is 3.12. The fraction of sp³-hybridized carbons (Fsp3) is 0.538. The fourth-order valence-electron chi connectivity index (χ4n) is 1.60. The lowest BCUT2D eigenvalue weighted by Gasteiger charge is -2.22. The summed E-state index contributed by atoms with van der Waals surface area (Å²) in [5, 5.41) is 10.0. The molecule has 0 amide bonds. The van der Waals surface area contributed by atoms with Crippen LogP contribution in [0.5, 0.6) is 0 Å². The SMILES string of the molecule is CCOC(OCC)C(O)Cc1ccc(F)c(Br)c1. The molecular formula is C13H18BrFO3. The van der Waals surface area contributed by atoms with Gasteiger partial charge in [0.1, 0.15) is 11.9 Å². The normalized spacial score (nSPS) is 13.0. The Morgan fingerprint density at radius 2 is 1.89 bits per heavy atom. The van der Waals surface area contributed by atoms with Gasteiger partial charge in [0.15, 0.2) is 6.29 Å². The van der Waals surface area contributed by atoms with Gasteiger partial charge in [0.05, 0.1) is 4.47 Å². The van der Waals surface area contributed by atoms with Crippen LogP contribution in [0.25, 0.3) is 0 Å². The number of rotatable bonds is 7. The Bertz CT molecular complexity index is 367. The van der Waals surface area contributed by atoms with Gasteiger partial charge in [0, 0.05) is 19.6 Å². The first-order valence-corrected chi connectivity index (χ1v) is 6.73. The predicted octanol–water partition coefficient (Wildman–Crippen LogP) is 2.89. The Balaban J connectivity index is 2.66. The lowest BCUT2D eigenvalue weighted by molar-refractivity contribution is -0.188. The van der Waals surface area contributed by atoms with Gasteiger partial charge in [-0.15, -0.1) is 0 Å². The van der Waals surface area contributed by atoms with Crippen molar-refractivity contribution in [2.45, 2.75) is 32.7 Å². The molecule has 1 rings (SSSR count). The molecule has 0 saturated carbocycles. The van der Waals surface area contributed by atoms with Crippen molar-refractivity contribution in [2.75, 3.05) is 13.2 Å². The topological polar surface area (TPSA) is 38.7 Å². The molecule has 0 radical (unpaired) electrons. The average Bonchev–Trinajstić information content (AvgIpc) is 2.33. The molecule has 1 unspecified atom stereocenters. The second kappa shape index (κ2) is 7.84. The van der Waals surface area contributed by atoms with Crippen LogP contribution < -0.4 is 0 Å². The van der Waals surface area contributed by atoms with Gasteiger partial charge in [-0.25, -0.2) is 4.39 Å². The van der Waals surface area contributed by atoms with Gasteiger partial charge in [0.2, 0.25) is 0 Å². The van der Waals surface area contributed by atoms with Crippen molar-refractivity contribution in [1.29, 1.82) is 0 Å². The molecule has 0 bridgehead atoms. The van der Waals surface area contributed by atoms with Crippen molar-refractivity contribution < 1.29 is 19.0 Å². The summed E-state index contributed by atoms with van der Waals surface area (Å²) in [5.74, 6) is -0.320. The van der Waals surface area contributed by atoms with E-state index >= 15 is 0 Å². The number of halogens is 2.